The molecule has 0 spiro atoms. The molecule has 0 aliphatic rings. The molecule has 5 heteroatoms. The molecule has 0 heterocycles. The SMILES string of the molecule is CC(C)CC(C)OC(=O)c1cc(N)c(F)cc1Br. The van der Waals surface area contributed by atoms with Gasteiger partial charge in [-0.05, 0) is 47.3 Å². The highest BCUT2D eigenvalue weighted by atomic mass is 79.9. The number of hydrogen-bond donors (Lipinski definition) is 1. The molecule has 0 aliphatic carbocycles. The third-order valence-corrected chi connectivity index (χ3v) is 3.07. The summed E-state index contributed by atoms with van der Waals surface area (Å²) in [5.41, 5.74) is 5.61. The fourth-order valence-electron chi connectivity index (χ4n) is 1.68. The van der Waals surface area contributed by atoms with Crippen molar-refractivity contribution in [2.24, 2.45) is 5.92 Å². The molecule has 1 unspecified atom stereocenters. The summed E-state index contributed by atoms with van der Waals surface area (Å²) < 4.78 is 18.8. The molecule has 100 valence electrons. The second-order valence-electron chi connectivity index (χ2n) is 4.70. The van der Waals surface area contributed by atoms with Gasteiger partial charge in [0.2, 0.25) is 0 Å². The highest BCUT2D eigenvalue weighted by Gasteiger charge is 2.17. The lowest BCUT2D eigenvalue weighted by molar-refractivity contribution is 0.0298. The van der Waals surface area contributed by atoms with Gasteiger partial charge in [-0.2, -0.15) is 0 Å². The van der Waals surface area contributed by atoms with Crippen LogP contribution in [0.4, 0.5) is 10.1 Å². The molecule has 0 aliphatic heterocycles. The van der Waals surface area contributed by atoms with Gasteiger partial charge >= 0.3 is 5.97 Å². The van der Waals surface area contributed by atoms with Crippen molar-refractivity contribution in [2.45, 2.75) is 33.3 Å². The number of halogens is 2. The summed E-state index contributed by atoms with van der Waals surface area (Å²) in [5.74, 6) is -0.620. The lowest BCUT2D eigenvalue weighted by Gasteiger charge is -2.16. The van der Waals surface area contributed by atoms with Crippen molar-refractivity contribution in [1.29, 1.82) is 0 Å². The predicted octanol–water partition coefficient (Wildman–Crippen LogP) is 3.76. The molecule has 0 bridgehead atoms. The number of rotatable bonds is 4. The molecule has 18 heavy (non-hydrogen) atoms. The first kappa shape index (κ1) is 15.0. The summed E-state index contributed by atoms with van der Waals surface area (Å²) in [4.78, 5) is 11.9. The Kier molecular flexibility index (Phi) is 5.14. The fourth-order valence-corrected chi connectivity index (χ4v) is 2.16. The van der Waals surface area contributed by atoms with Crippen molar-refractivity contribution in [1.82, 2.24) is 0 Å². The maximum atomic E-state index is 13.2. The minimum absolute atomic E-state index is 0.0679. The first-order chi connectivity index (χ1) is 8.31. The van der Waals surface area contributed by atoms with Gasteiger partial charge in [-0.1, -0.05) is 13.8 Å². The van der Waals surface area contributed by atoms with Crippen molar-refractivity contribution in [3.8, 4) is 0 Å². The summed E-state index contributed by atoms with van der Waals surface area (Å²) >= 11 is 3.13. The van der Waals surface area contributed by atoms with Crippen LogP contribution in [-0.2, 0) is 4.74 Å². The van der Waals surface area contributed by atoms with Crippen LogP contribution in [0, 0.1) is 11.7 Å². The van der Waals surface area contributed by atoms with E-state index in [1.807, 2.05) is 6.92 Å². The Morgan fingerprint density at radius 3 is 2.61 bits per heavy atom. The van der Waals surface area contributed by atoms with Crippen LogP contribution in [0.1, 0.15) is 37.6 Å². The Bertz CT molecular complexity index is 449. The van der Waals surface area contributed by atoms with E-state index in [0.29, 0.717) is 10.4 Å². The first-order valence-corrected chi connectivity index (χ1v) is 6.56. The molecule has 0 radical (unpaired) electrons. The van der Waals surface area contributed by atoms with Crippen LogP contribution in [0.2, 0.25) is 0 Å². The number of benzene rings is 1. The van der Waals surface area contributed by atoms with E-state index in [1.165, 1.54) is 12.1 Å². The van der Waals surface area contributed by atoms with Crippen LogP contribution in [0.15, 0.2) is 16.6 Å². The van der Waals surface area contributed by atoms with E-state index in [9.17, 15) is 9.18 Å². The summed E-state index contributed by atoms with van der Waals surface area (Å²) in [6, 6.07) is 2.45. The van der Waals surface area contributed by atoms with E-state index in [4.69, 9.17) is 10.5 Å². The van der Waals surface area contributed by atoms with Crippen molar-refractivity contribution in [3.63, 3.8) is 0 Å². The van der Waals surface area contributed by atoms with Gasteiger partial charge in [0.1, 0.15) is 5.82 Å². The van der Waals surface area contributed by atoms with Crippen molar-refractivity contribution < 1.29 is 13.9 Å². The van der Waals surface area contributed by atoms with Crippen molar-refractivity contribution in [3.05, 3.63) is 28.0 Å². The highest BCUT2D eigenvalue weighted by molar-refractivity contribution is 9.10. The average molecular weight is 318 g/mol. The molecule has 0 saturated carbocycles. The van der Waals surface area contributed by atoms with Gasteiger partial charge in [-0.3, -0.25) is 0 Å². The zero-order valence-electron chi connectivity index (χ0n) is 10.7. The lowest BCUT2D eigenvalue weighted by atomic mass is 10.1. The molecule has 3 nitrogen and oxygen atoms in total. The van der Waals surface area contributed by atoms with Gasteiger partial charge in [-0.15, -0.1) is 0 Å². The molecule has 1 rings (SSSR count). The normalized spacial score (nSPS) is 12.6. The van der Waals surface area contributed by atoms with Crippen molar-refractivity contribution >= 4 is 27.6 Å². The van der Waals surface area contributed by atoms with Crippen LogP contribution >= 0.6 is 15.9 Å². The van der Waals surface area contributed by atoms with E-state index < -0.39 is 11.8 Å². The van der Waals surface area contributed by atoms with Gasteiger partial charge in [-0.25, -0.2) is 9.18 Å². The Hall–Kier alpha value is -1.10. The fraction of sp³-hybridized carbons (Fsp3) is 0.462. The zero-order chi connectivity index (χ0) is 13.9. The maximum absolute atomic E-state index is 13.2. The molecule has 0 fully saturated rings. The van der Waals surface area contributed by atoms with E-state index in [-0.39, 0.29) is 17.4 Å². The number of esters is 1. The molecule has 0 saturated heterocycles. The zero-order valence-corrected chi connectivity index (χ0v) is 12.3. The van der Waals surface area contributed by atoms with Crippen LogP contribution < -0.4 is 5.73 Å². The monoisotopic (exact) mass is 317 g/mol. The largest absolute Gasteiger partial charge is 0.459 e. The molecule has 0 aromatic heterocycles. The molecule has 0 amide bonds. The number of nitrogens with two attached hydrogens (primary N) is 1. The van der Waals surface area contributed by atoms with Crippen LogP contribution in [0.3, 0.4) is 0 Å². The van der Waals surface area contributed by atoms with Crippen LogP contribution in [-0.4, -0.2) is 12.1 Å². The van der Waals surface area contributed by atoms with Gasteiger partial charge in [0.15, 0.2) is 0 Å². The Balaban J connectivity index is 2.82. The quantitative estimate of drug-likeness (QED) is 0.679. The number of carbonyl (C=O) groups is 1. The summed E-state index contributed by atoms with van der Waals surface area (Å²) in [7, 11) is 0. The van der Waals surface area contributed by atoms with E-state index in [2.05, 4.69) is 29.8 Å². The Morgan fingerprint density at radius 1 is 1.44 bits per heavy atom. The van der Waals surface area contributed by atoms with Crippen LogP contribution in [0.25, 0.3) is 0 Å². The van der Waals surface area contributed by atoms with Gasteiger partial charge in [0.05, 0.1) is 17.4 Å². The summed E-state index contributed by atoms with van der Waals surface area (Å²) in [6.45, 7) is 5.94. The van der Waals surface area contributed by atoms with E-state index in [0.717, 1.165) is 6.42 Å². The smallest absolute Gasteiger partial charge is 0.339 e. The standard InChI is InChI=1S/C13H17BrFNO2/c1-7(2)4-8(3)18-13(17)9-5-12(16)11(15)6-10(9)14/h5-8H,4,16H2,1-3H3. The molecular formula is C13H17BrFNO2. The minimum atomic E-state index is -0.561. The van der Waals surface area contributed by atoms with Crippen LogP contribution in [0.5, 0.6) is 0 Å². The number of ether oxygens (including phenoxy) is 1. The molecule has 1 atom stereocenters. The minimum Gasteiger partial charge on any atom is -0.459 e. The van der Waals surface area contributed by atoms with E-state index >= 15 is 0 Å². The topological polar surface area (TPSA) is 52.3 Å². The van der Waals surface area contributed by atoms with Gasteiger partial charge in [0.25, 0.3) is 0 Å². The number of anilines is 1. The number of nitrogen functional groups attached to an aromatic ring is 1. The Labute approximate surface area is 115 Å². The summed E-state index contributed by atoms with van der Waals surface area (Å²) in [5, 5.41) is 0. The first-order valence-electron chi connectivity index (χ1n) is 5.76. The number of carbonyl (C=O) groups excluding carboxylic acids is 1. The van der Waals surface area contributed by atoms with Crippen molar-refractivity contribution in [2.75, 3.05) is 5.73 Å². The third kappa shape index (κ3) is 3.98. The van der Waals surface area contributed by atoms with E-state index in [1.54, 1.807) is 0 Å². The molecule has 1 aromatic rings. The average Bonchev–Trinajstić information content (AvgIpc) is 2.21. The second-order valence-corrected chi connectivity index (χ2v) is 5.55. The lowest BCUT2D eigenvalue weighted by Crippen LogP contribution is -2.17. The third-order valence-electron chi connectivity index (χ3n) is 2.42. The molecular weight excluding hydrogens is 301 g/mol. The Morgan fingerprint density at radius 2 is 2.06 bits per heavy atom. The van der Waals surface area contributed by atoms with Gasteiger partial charge in [0, 0.05) is 4.47 Å². The summed E-state index contributed by atoms with van der Waals surface area (Å²) in [6.07, 6.45) is 0.593. The predicted molar refractivity (Wildman–Crippen MR) is 72.8 cm³/mol. The number of hydrogen-bond acceptors (Lipinski definition) is 3. The van der Waals surface area contributed by atoms with Gasteiger partial charge < -0.3 is 10.5 Å². The maximum Gasteiger partial charge on any atom is 0.339 e. The highest BCUT2D eigenvalue weighted by Crippen LogP contribution is 2.24. The molecule has 1 aromatic carbocycles. The second kappa shape index (κ2) is 6.18. The molecule has 2 N–H and O–H groups in total.